The third-order valence-electron chi connectivity index (χ3n) is 5.42. The van der Waals surface area contributed by atoms with Gasteiger partial charge in [-0.15, -0.1) is 10.2 Å². The molecule has 0 bridgehead atoms. The monoisotopic (exact) mass is 467 g/mol. The SMILES string of the molecule is CCCCC(CC)C(=O)NCc1nnc(SCc2ccccc2)n1-c1ccc([N+](=O)[O-])cc1. The summed E-state index contributed by atoms with van der Waals surface area (Å²) in [5.74, 6) is 1.28. The van der Waals surface area contributed by atoms with E-state index in [0.29, 0.717) is 22.4 Å². The molecule has 9 heteroatoms. The van der Waals surface area contributed by atoms with Crippen molar-refractivity contribution in [1.29, 1.82) is 0 Å². The Kier molecular flexibility index (Phi) is 9.00. The van der Waals surface area contributed by atoms with E-state index in [1.807, 2.05) is 41.8 Å². The predicted octanol–water partition coefficient (Wildman–Crippen LogP) is 5.30. The average molecular weight is 468 g/mol. The molecule has 0 fully saturated rings. The van der Waals surface area contributed by atoms with Crippen molar-refractivity contribution in [1.82, 2.24) is 20.1 Å². The number of hydrogen-bond donors (Lipinski definition) is 1. The molecule has 0 aliphatic carbocycles. The van der Waals surface area contributed by atoms with Crippen LogP contribution in [0.25, 0.3) is 5.69 Å². The normalized spacial score (nSPS) is 11.8. The van der Waals surface area contributed by atoms with Crippen LogP contribution in [0.3, 0.4) is 0 Å². The minimum atomic E-state index is -0.427. The summed E-state index contributed by atoms with van der Waals surface area (Å²) in [5, 5.41) is 23.4. The van der Waals surface area contributed by atoms with Crippen LogP contribution in [0.15, 0.2) is 59.8 Å². The number of unbranched alkanes of at least 4 members (excludes halogenated alkanes) is 1. The summed E-state index contributed by atoms with van der Waals surface area (Å²) in [6.07, 6.45) is 3.73. The number of carbonyl (C=O) groups excluding carboxylic acids is 1. The van der Waals surface area contributed by atoms with Gasteiger partial charge in [0.05, 0.1) is 11.5 Å². The Labute approximate surface area is 198 Å². The van der Waals surface area contributed by atoms with Gasteiger partial charge >= 0.3 is 0 Å². The fourth-order valence-electron chi connectivity index (χ4n) is 3.49. The topological polar surface area (TPSA) is 103 Å². The summed E-state index contributed by atoms with van der Waals surface area (Å²) >= 11 is 1.53. The van der Waals surface area contributed by atoms with Crippen LogP contribution in [0.1, 0.15) is 50.9 Å². The number of thioether (sulfide) groups is 1. The lowest BCUT2D eigenvalue weighted by molar-refractivity contribution is -0.384. The van der Waals surface area contributed by atoms with Crippen molar-refractivity contribution in [2.24, 2.45) is 5.92 Å². The Balaban J connectivity index is 1.82. The van der Waals surface area contributed by atoms with Crippen molar-refractivity contribution in [3.8, 4) is 5.69 Å². The number of amides is 1. The molecule has 0 radical (unpaired) electrons. The Morgan fingerprint density at radius 3 is 2.48 bits per heavy atom. The molecule has 8 nitrogen and oxygen atoms in total. The number of nitro groups is 1. The van der Waals surface area contributed by atoms with Gasteiger partial charge in [-0.2, -0.15) is 0 Å². The van der Waals surface area contributed by atoms with Crippen LogP contribution in [0, 0.1) is 16.0 Å². The fourth-order valence-corrected chi connectivity index (χ4v) is 4.42. The molecule has 3 aromatic rings. The number of nitrogens with one attached hydrogen (secondary N) is 1. The maximum absolute atomic E-state index is 12.7. The highest BCUT2D eigenvalue weighted by atomic mass is 32.2. The number of hydrogen-bond acceptors (Lipinski definition) is 6. The molecule has 0 aliphatic heterocycles. The van der Waals surface area contributed by atoms with Crippen molar-refractivity contribution in [2.75, 3.05) is 0 Å². The zero-order valence-electron chi connectivity index (χ0n) is 18.9. The lowest BCUT2D eigenvalue weighted by atomic mass is 9.98. The summed E-state index contributed by atoms with van der Waals surface area (Å²) in [6, 6.07) is 16.3. The van der Waals surface area contributed by atoms with Gasteiger partial charge in [-0.1, -0.05) is 68.8 Å². The van der Waals surface area contributed by atoms with Crippen molar-refractivity contribution in [3.05, 3.63) is 76.1 Å². The van der Waals surface area contributed by atoms with Gasteiger partial charge in [-0.25, -0.2) is 0 Å². The first-order valence-corrected chi connectivity index (χ1v) is 12.2. The van der Waals surface area contributed by atoms with E-state index in [1.54, 1.807) is 12.1 Å². The van der Waals surface area contributed by atoms with Gasteiger partial charge < -0.3 is 5.32 Å². The highest BCUT2D eigenvalue weighted by molar-refractivity contribution is 7.98. The van der Waals surface area contributed by atoms with Crippen molar-refractivity contribution in [2.45, 2.75) is 57.0 Å². The quantitative estimate of drug-likeness (QED) is 0.220. The maximum atomic E-state index is 12.7. The van der Waals surface area contributed by atoms with Crippen molar-refractivity contribution < 1.29 is 9.72 Å². The largest absolute Gasteiger partial charge is 0.349 e. The smallest absolute Gasteiger partial charge is 0.269 e. The lowest BCUT2D eigenvalue weighted by Crippen LogP contribution is -2.31. The Morgan fingerprint density at radius 1 is 1.12 bits per heavy atom. The molecule has 1 N–H and O–H groups in total. The van der Waals surface area contributed by atoms with Crippen LogP contribution in [0.5, 0.6) is 0 Å². The first kappa shape index (κ1) is 24.4. The summed E-state index contributed by atoms with van der Waals surface area (Å²) in [7, 11) is 0. The Bertz CT molecular complexity index is 1050. The van der Waals surface area contributed by atoms with E-state index in [9.17, 15) is 14.9 Å². The van der Waals surface area contributed by atoms with E-state index in [0.717, 1.165) is 31.2 Å². The molecule has 1 atom stereocenters. The Morgan fingerprint density at radius 2 is 1.85 bits per heavy atom. The van der Waals surface area contributed by atoms with Crippen molar-refractivity contribution >= 4 is 23.4 Å². The minimum Gasteiger partial charge on any atom is -0.349 e. The molecule has 2 aromatic carbocycles. The third-order valence-corrected chi connectivity index (χ3v) is 6.42. The van der Waals surface area contributed by atoms with E-state index in [1.165, 1.54) is 23.9 Å². The second-order valence-corrected chi connectivity index (χ2v) is 8.69. The molecule has 0 aliphatic rings. The zero-order chi connectivity index (χ0) is 23.6. The van der Waals surface area contributed by atoms with Crippen LogP contribution < -0.4 is 5.32 Å². The first-order valence-electron chi connectivity index (χ1n) is 11.2. The van der Waals surface area contributed by atoms with Crippen LogP contribution in [-0.4, -0.2) is 25.6 Å². The van der Waals surface area contributed by atoms with Crippen LogP contribution in [0.2, 0.25) is 0 Å². The van der Waals surface area contributed by atoms with E-state index in [2.05, 4.69) is 22.4 Å². The van der Waals surface area contributed by atoms with Gasteiger partial charge in [0.1, 0.15) is 0 Å². The molecular formula is C24H29N5O3S. The summed E-state index contributed by atoms with van der Waals surface area (Å²) in [5.41, 5.74) is 1.88. The zero-order valence-corrected chi connectivity index (χ0v) is 19.8. The summed E-state index contributed by atoms with van der Waals surface area (Å²) in [4.78, 5) is 23.3. The van der Waals surface area contributed by atoms with Crippen molar-refractivity contribution in [3.63, 3.8) is 0 Å². The van der Waals surface area contributed by atoms with Crippen LogP contribution in [0.4, 0.5) is 5.69 Å². The van der Waals surface area contributed by atoms with Gasteiger partial charge in [-0.3, -0.25) is 19.5 Å². The summed E-state index contributed by atoms with van der Waals surface area (Å²) in [6.45, 7) is 4.38. The number of carbonyl (C=O) groups is 1. The molecule has 1 amide bonds. The van der Waals surface area contributed by atoms with E-state index >= 15 is 0 Å². The molecule has 0 spiro atoms. The van der Waals surface area contributed by atoms with Crippen LogP contribution in [-0.2, 0) is 17.1 Å². The number of nitrogens with zero attached hydrogens (tertiary/aromatic N) is 4. The fraction of sp³-hybridized carbons (Fsp3) is 0.375. The number of benzene rings is 2. The molecule has 174 valence electrons. The van der Waals surface area contributed by atoms with Gasteiger partial charge in [0.2, 0.25) is 5.91 Å². The van der Waals surface area contributed by atoms with E-state index in [-0.39, 0.29) is 24.1 Å². The molecule has 3 rings (SSSR count). The molecule has 0 saturated carbocycles. The van der Waals surface area contributed by atoms with Gasteiger partial charge in [0.15, 0.2) is 11.0 Å². The minimum absolute atomic E-state index is 0.0156. The van der Waals surface area contributed by atoms with Gasteiger partial charge in [-0.05, 0) is 30.5 Å². The second-order valence-electron chi connectivity index (χ2n) is 7.75. The van der Waals surface area contributed by atoms with E-state index in [4.69, 9.17) is 0 Å². The molecule has 33 heavy (non-hydrogen) atoms. The van der Waals surface area contributed by atoms with Gasteiger partial charge in [0.25, 0.3) is 5.69 Å². The maximum Gasteiger partial charge on any atom is 0.269 e. The molecule has 1 unspecified atom stereocenters. The molecule has 0 saturated heterocycles. The first-order chi connectivity index (χ1) is 16.0. The Hall–Kier alpha value is -3.20. The second kappa shape index (κ2) is 12.2. The third kappa shape index (κ3) is 6.64. The molecule has 1 heterocycles. The highest BCUT2D eigenvalue weighted by Gasteiger charge is 2.19. The lowest BCUT2D eigenvalue weighted by Gasteiger charge is -2.15. The average Bonchev–Trinajstić information content (AvgIpc) is 3.25. The number of non-ortho nitro benzene ring substituents is 1. The van der Waals surface area contributed by atoms with Crippen LogP contribution >= 0.6 is 11.8 Å². The summed E-state index contributed by atoms with van der Waals surface area (Å²) < 4.78 is 1.85. The molecular weight excluding hydrogens is 438 g/mol. The highest BCUT2D eigenvalue weighted by Crippen LogP contribution is 2.26. The van der Waals surface area contributed by atoms with E-state index < -0.39 is 4.92 Å². The predicted molar refractivity (Wildman–Crippen MR) is 129 cm³/mol. The molecule has 1 aromatic heterocycles. The standard InChI is InChI=1S/C24H29N5O3S/c1-3-5-11-19(4-2)23(30)25-16-22-26-27-24(33-17-18-9-7-6-8-10-18)28(22)20-12-14-21(15-13-20)29(31)32/h6-10,12-15,19H,3-5,11,16-17H2,1-2H3,(H,25,30). The number of aromatic nitrogens is 3. The number of nitro benzene ring substituents is 1. The number of rotatable bonds is 12. The van der Waals surface area contributed by atoms with Gasteiger partial charge in [0, 0.05) is 29.5 Å².